The highest BCUT2D eigenvalue weighted by atomic mass is 35.5. The highest BCUT2D eigenvalue weighted by Gasteiger charge is 2.14. The van der Waals surface area contributed by atoms with Gasteiger partial charge in [0.25, 0.3) is 0 Å². The van der Waals surface area contributed by atoms with Gasteiger partial charge in [-0.25, -0.2) is 0 Å². The molecule has 0 spiro atoms. The summed E-state index contributed by atoms with van der Waals surface area (Å²) in [6.45, 7) is 1.78. The van der Waals surface area contributed by atoms with Crippen LogP contribution in [0, 0.1) is 0 Å². The average molecular weight is 433 g/mol. The lowest BCUT2D eigenvalue weighted by Crippen LogP contribution is -2.04. The van der Waals surface area contributed by atoms with Crippen molar-refractivity contribution in [1.29, 1.82) is 0 Å². The van der Waals surface area contributed by atoms with E-state index in [0.29, 0.717) is 28.0 Å². The van der Waals surface area contributed by atoms with Crippen LogP contribution in [0.1, 0.15) is 22.8 Å². The van der Waals surface area contributed by atoms with Crippen molar-refractivity contribution in [3.05, 3.63) is 75.8 Å². The number of carbonyl (C=O) groups is 1. The number of hydrogen-bond acceptors (Lipinski definition) is 5. The minimum atomic E-state index is -0.258. The molecule has 0 atom stereocenters. The first-order valence-electron chi connectivity index (χ1n) is 8.42. The molecular formula is C21H18Cl2N2O2S. The third kappa shape index (κ3) is 4.93. The van der Waals surface area contributed by atoms with Gasteiger partial charge in [-0.3, -0.25) is 4.79 Å². The number of anilines is 2. The summed E-state index contributed by atoms with van der Waals surface area (Å²) in [5, 5.41) is 14.6. The standard InChI is InChI=1S/C21H18Cl2N2O2S/c1-12(26)18-9-15(23)10-19(21(18)27)25-11-13-8-16(24)4-7-20(13)28-17-5-2-14(22)3-6-17/h2-10,25,27H,11,24H2,1H3. The van der Waals surface area contributed by atoms with Gasteiger partial charge in [0.1, 0.15) is 5.75 Å². The van der Waals surface area contributed by atoms with E-state index in [-0.39, 0.29) is 17.1 Å². The van der Waals surface area contributed by atoms with Gasteiger partial charge < -0.3 is 16.2 Å². The summed E-state index contributed by atoms with van der Waals surface area (Å²) in [5.41, 5.74) is 8.11. The number of nitrogen functional groups attached to an aromatic ring is 1. The molecule has 0 saturated carbocycles. The number of phenolic OH excluding ortho intramolecular Hbond substituents is 1. The van der Waals surface area contributed by atoms with Gasteiger partial charge in [-0.1, -0.05) is 35.0 Å². The van der Waals surface area contributed by atoms with Gasteiger partial charge in [0.05, 0.1) is 11.3 Å². The topological polar surface area (TPSA) is 75.4 Å². The average Bonchev–Trinajstić information content (AvgIpc) is 2.65. The van der Waals surface area contributed by atoms with E-state index in [2.05, 4.69) is 5.32 Å². The number of aromatic hydroxyl groups is 1. The number of Topliss-reactive ketones (excluding diaryl/α,β-unsaturated/α-hetero) is 1. The Hall–Kier alpha value is -2.34. The third-order valence-electron chi connectivity index (χ3n) is 4.05. The number of carbonyl (C=O) groups excluding carboxylic acids is 1. The number of ketones is 1. The van der Waals surface area contributed by atoms with Crippen molar-refractivity contribution in [2.24, 2.45) is 0 Å². The molecule has 4 N–H and O–H groups in total. The van der Waals surface area contributed by atoms with Crippen LogP contribution in [0.15, 0.2) is 64.4 Å². The molecule has 0 saturated heterocycles. The molecule has 0 unspecified atom stereocenters. The fourth-order valence-corrected chi connectivity index (χ4v) is 3.93. The van der Waals surface area contributed by atoms with Crippen LogP contribution in [0.4, 0.5) is 11.4 Å². The van der Waals surface area contributed by atoms with Crippen molar-refractivity contribution in [2.75, 3.05) is 11.1 Å². The predicted octanol–water partition coefficient (Wildman–Crippen LogP) is 6.25. The van der Waals surface area contributed by atoms with E-state index in [1.54, 1.807) is 17.8 Å². The molecule has 0 fully saturated rings. The summed E-state index contributed by atoms with van der Waals surface area (Å²) < 4.78 is 0. The zero-order valence-electron chi connectivity index (χ0n) is 15.0. The van der Waals surface area contributed by atoms with Gasteiger partial charge in [-0.15, -0.1) is 0 Å². The summed E-state index contributed by atoms with van der Waals surface area (Å²) in [6.07, 6.45) is 0. The summed E-state index contributed by atoms with van der Waals surface area (Å²) in [6, 6.07) is 16.3. The van der Waals surface area contributed by atoms with Crippen LogP contribution in [0.2, 0.25) is 10.0 Å². The van der Waals surface area contributed by atoms with Gasteiger partial charge in [-0.2, -0.15) is 0 Å². The first-order valence-corrected chi connectivity index (χ1v) is 10.00. The summed E-state index contributed by atoms with van der Waals surface area (Å²) in [7, 11) is 0. The smallest absolute Gasteiger partial charge is 0.163 e. The molecule has 0 aromatic heterocycles. The lowest BCUT2D eigenvalue weighted by molar-refractivity contribution is 0.101. The monoisotopic (exact) mass is 432 g/mol. The molecule has 0 aliphatic heterocycles. The lowest BCUT2D eigenvalue weighted by Gasteiger charge is -2.14. The van der Waals surface area contributed by atoms with E-state index >= 15 is 0 Å². The number of rotatable bonds is 6. The normalized spacial score (nSPS) is 10.7. The highest BCUT2D eigenvalue weighted by Crippen LogP contribution is 2.35. The van der Waals surface area contributed by atoms with Crippen molar-refractivity contribution in [1.82, 2.24) is 0 Å². The van der Waals surface area contributed by atoms with Crippen molar-refractivity contribution >= 4 is 52.1 Å². The first kappa shape index (κ1) is 20.4. The number of hydrogen-bond donors (Lipinski definition) is 3. The number of phenols is 1. The Balaban J connectivity index is 1.86. The summed E-state index contributed by atoms with van der Waals surface area (Å²) >= 11 is 13.6. The second-order valence-corrected chi connectivity index (χ2v) is 8.17. The van der Waals surface area contributed by atoms with Gasteiger partial charge in [0, 0.05) is 32.1 Å². The molecule has 4 nitrogen and oxygen atoms in total. The van der Waals surface area contributed by atoms with E-state index in [4.69, 9.17) is 28.9 Å². The summed E-state index contributed by atoms with van der Waals surface area (Å²) in [4.78, 5) is 13.7. The minimum absolute atomic E-state index is 0.118. The van der Waals surface area contributed by atoms with Crippen LogP contribution < -0.4 is 11.1 Å². The van der Waals surface area contributed by atoms with Crippen LogP contribution in [0.5, 0.6) is 5.75 Å². The molecule has 0 radical (unpaired) electrons. The molecule has 0 aliphatic carbocycles. The maximum Gasteiger partial charge on any atom is 0.163 e. The van der Waals surface area contributed by atoms with Crippen LogP contribution >= 0.6 is 35.0 Å². The van der Waals surface area contributed by atoms with E-state index in [9.17, 15) is 9.90 Å². The first-order chi connectivity index (χ1) is 13.3. The Morgan fingerprint density at radius 3 is 2.46 bits per heavy atom. The zero-order valence-corrected chi connectivity index (χ0v) is 17.3. The Bertz CT molecular complexity index is 1020. The van der Waals surface area contributed by atoms with Gasteiger partial charge in [0.2, 0.25) is 0 Å². The third-order valence-corrected chi connectivity index (χ3v) is 5.65. The molecule has 7 heteroatoms. The zero-order chi connectivity index (χ0) is 20.3. The molecule has 0 bridgehead atoms. The Morgan fingerprint density at radius 2 is 1.79 bits per heavy atom. The Labute approximate surface area is 177 Å². The molecule has 3 rings (SSSR count). The fourth-order valence-electron chi connectivity index (χ4n) is 2.66. The molecule has 0 aliphatic rings. The Kier molecular flexibility index (Phi) is 6.39. The van der Waals surface area contributed by atoms with E-state index in [1.807, 2.05) is 42.5 Å². The maximum absolute atomic E-state index is 11.7. The summed E-state index contributed by atoms with van der Waals surface area (Å²) in [5.74, 6) is -0.376. The quantitative estimate of drug-likeness (QED) is 0.244. The van der Waals surface area contributed by atoms with E-state index in [1.165, 1.54) is 13.0 Å². The number of halogens is 2. The minimum Gasteiger partial charge on any atom is -0.505 e. The molecule has 0 amide bonds. The predicted molar refractivity (Wildman–Crippen MR) is 117 cm³/mol. The Morgan fingerprint density at radius 1 is 1.07 bits per heavy atom. The van der Waals surface area contributed by atoms with Crippen LogP contribution in [0.3, 0.4) is 0 Å². The van der Waals surface area contributed by atoms with Crippen LogP contribution in [0.25, 0.3) is 0 Å². The molecule has 3 aromatic carbocycles. The van der Waals surface area contributed by atoms with Crippen LogP contribution in [-0.4, -0.2) is 10.9 Å². The maximum atomic E-state index is 11.7. The van der Waals surface area contributed by atoms with Gasteiger partial charge in [0.15, 0.2) is 5.78 Å². The van der Waals surface area contributed by atoms with Crippen molar-refractivity contribution in [2.45, 2.75) is 23.3 Å². The van der Waals surface area contributed by atoms with Crippen molar-refractivity contribution < 1.29 is 9.90 Å². The molecular weight excluding hydrogens is 415 g/mol. The molecule has 28 heavy (non-hydrogen) atoms. The molecule has 3 aromatic rings. The second kappa shape index (κ2) is 8.78. The number of nitrogens with one attached hydrogen (secondary N) is 1. The van der Waals surface area contributed by atoms with Crippen molar-refractivity contribution in [3.8, 4) is 5.75 Å². The number of nitrogens with two attached hydrogens (primary N) is 1. The van der Waals surface area contributed by atoms with Gasteiger partial charge >= 0.3 is 0 Å². The van der Waals surface area contributed by atoms with Gasteiger partial charge in [-0.05, 0) is 67.1 Å². The highest BCUT2D eigenvalue weighted by molar-refractivity contribution is 7.99. The largest absolute Gasteiger partial charge is 0.505 e. The van der Waals surface area contributed by atoms with E-state index in [0.717, 1.165) is 15.4 Å². The fraction of sp³-hybridized carbons (Fsp3) is 0.0952. The van der Waals surface area contributed by atoms with Crippen molar-refractivity contribution in [3.63, 3.8) is 0 Å². The second-order valence-electron chi connectivity index (χ2n) is 6.18. The number of benzene rings is 3. The molecule has 144 valence electrons. The lowest BCUT2D eigenvalue weighted by atomic mass is 10.1. The molecule has 0 heterocycles. The van der Waals surface area contributed by atoms with Crippen LogP contribution in [-0.2, 0) is 6.54 Å². The van der Waals surface area contributed by atoms with E-state index < -0.39 is 0 Å². The SMILES string of the molecule is CC(=O)c1cc(Cl)cc(NCc2cc(N)ccc2Sc2ccc(Cl)cc2)c1O.